The van der Waals surface area contributed by atoms with Gasteiger partial charge in [0.15, 0.2) is 0 Å². The first-order valence-electron chi connectivity index (χ1n) is 3.61. The molecule has 1 heterocycles. The zero-order valence-corrected chi connectivity index (χ0v) is 9.32. The maximum atomic E-state index is 11.0. The van der Waals surface area contributed by atoms with Gasteiger partial charge in [-0.05, 0) is 13.0 Å². The lowest BCUT2D eigenvalue weighted by molar-refractivity contribution is -0.113. The first-order valence-corrected chi connectivity index (χ1v) is 5.11. The summed E-state index contributed by atoms with van der Waals surface area (Å²) in [6, 6.07) is 1.67. The number of carbonyl (C=O) groups excluding carboxylic acids is 1. The van der Waals surface area contributed by atoms with E-state index < -0.39 is 0 Å². The first-order chi connectivity index (χ1) is 6.13. The molecule has 0 unspecified atom stereocenters. The van der Waals surface area contributed by atoms with Crippen LogP contribution in [0, 0.1) is 6.92 Å². The molecule has 0 aliphatic heterocycles. The van der Waals surface area contributed by atoms with Gasteiger partial charge in [0.2, 0.25) is 5.91 Å². The highest BCUT2D eigenvalue weighted by molar-refractivity contribution is 9.09. The Kier molecular flexibility index (Phi) is 3.69. The lowest BCUT2D eigenvalue weighted by Crippen LogP contribution is -2.13. The molecule has 1 amide bonds. The van der Waals surface area contributed by atoms with E-state index >= 15 is 0 Å². The molecular weight excluding hydrogens is 255 g/mol. The number of rotatable bonds is 2. The van der Waals surface area contributed by atoms with Gasteiger partial charge in [0.25, 0.3) is 0 Å². The molecule has 70 valence electrons. The number of halogens is 2. The molecule has 1 N–H and O–H groups in total. The van der Waals surface area contributed by atoms with Crippen LogP contribution in [-0.2, 0) is 4.79 Å². The summed E-state index contributed by atoms with van der Waals surface area (Å²) >= 11 is 8.77. The van der Waals surface area contributed by atoms with E-state index in [4.69, 9.17) is 11.6 Å². The Bertz CT molecular complexity index is 330. The fourth-order valence-corrected chi connectivity index (χ4v) is 1.12. The van der Waals surface area contributed by atoms with Gasteiger partial charge >= 0.3 is 0 Å². The van der Waals surface area contributed by atoms with Crippen molar-refractivity contribution in [3.05, 3.63) is 23.0 Å². The summed E-state index contributed by atoms with van der Waals surface area (Å²) in [6.07, 6.45) is 1.54. The number of aromatic nitrogens is 1. The third-order valence-corrected chi connectivity index (χ3v) is 2.16. The van der Waals surface area contributed by atoms with Gasteiger partial charge in [-0.15, -0.1) is 0 Å². The number of amides is 1. The van der Waals surface area contributed by atoms with Gasteiger partial charge in [-0.25, -0.2) is 0 Å². The van der Waals surface area contributed by atoms with Crippen LogP contribution < -0.4 is 5.32 Å². The lowest BCUT2D eigenvalue weighted by Gasteiger charge is -2.05. The molecule has 0 fully saturated rings. The normalized spacial score (nSPS) is 9.77. The van der Waals surface area contributed by atoms with Crippen LogP contribution in [0.1, 0.15) is 5.69 Å². The van der Waals surface area contributed by atoms with Crippen molar-refractivity contribution in [1.29, 1.82) is 0 Å². The molecule has 1 aromatic rings. The van der Waals surface area contributed by atoms with Gasteiger partial charge in [0, 0.05) is 6.20 Å². The molecule has 0 saturated carbocycles. The minimum absolute atomic E-state index is 0.118. The average molecular weight is 264 g/mol. The average Bonchev–Trinajstić information content (AvgIpc) is 2.11. The van der Waals surface area contributed by atoms with Crippen LogP contribution >= 0.6 is 27.5 Å². The van der Waals surface area contributed by atoms with E-state index in [1.165, 1.54) is 0 Å². The summed E-state index contributed by atoms with van der Waals surface area (Å²) < 4.78 is 0. The number of anilines is 1. The Morgan fingerprint density at radius 2 is 2.46 bits per heavy atom. The second-order valence-electron chi connectivity index (χ2n) is 2.47. The van der Waals surface area contributed by atoms with Gasteiger partial charge in [-0.3, -0.25) is 9.78 Å². The molecule has 0 bridgehead atoms. The number of hydrogen-bond donors (Lipinski definition) is 1. The van der Waals surface area contributed by atoms with Gasteiger partial charge in [-0.1, -0.05) is 27.5 Å². The zero-order valence-electron chi connectivity index (χ0n) is 6.97. The van der Waals surface area contributed by atoms with Crippen LogP contribution in [0.3, 0.4) is 0 Å². The fraction of sp³-hybridized carbons (Fsp3) is 0.250. The standard InChI is InChI=1S/C8H8BrClN2O/c1-5-7(12-8(13)3-9)2-6(10)4-11-5/h2,4H,3H2,1H3,(H,12,13). The van der Waals surface area contributed by atoms with Gasteiger partial charge < -0.3 is 5.32 Å². The lowest BCUT2D eigenvalue weighted by atomic mass is 10.3. The number of pyridine rings is 1. The highest BCUT2D eigenvalue weighted by Crippen LogP contribution is 2.17. The van der Waals surface area contributed by atoms with Crippen LogP contribution in [0.2, 0.25) is 5.02 Å². The highest BCUT2D eigenvalue weighted by atomic mass is 79.9. The smallest absolute Gasteiger partial charge is 0.235 e. The van der Waals surface area contributed by atoms with Crippen molar-refractivity contribution in [2.45, 2.75) is 6.92 Å². The van der Waals surface area contributed by atoms with Crippen LogP contribution in [0.25, 0.3) is 0 Å². The highest BCUT2D eigenvalue weighted by Gasteiger charge is 2.04. The Balaban J connectivity index is 2.87. The molecule has 5 heteroatoms. The maximum Gasteiger partial charge on any atom is 0.235 e. The molecule has 13 heavy (non-hydrogen) atoms. The summed E-state index contributed by atoms with van der Waals surface area (Å²) in [6.45, 7) is 1.81. The molecule has 0 aromatic carbocycles. The molecule has 0 saturated heterocycles. The van der Waals surface area contributed by atoms with E-state index in [2.05, 4.69) is 26.2 Å². The van der Waals surface area contributed by atoms with Crippen LogP contribution in [0.4, 0.5) is 5.69 Å². The Hall–Kier alpha value is -0.610. The molecule has 0 aliphatic rings. The van der Waals surface area contributed by atoms with E-state index in [0.29, 0.717) is 10.7 Å². The number of aryl methyl sites for hydroxylation is 1. The van der Waals surface area contributed by atoms with Crippen LogP contribution in [0.15, 0.2) is 12.3 Å². The van der Waals surface area contributed by atoms with Crippen molar-refractivity contribution in [2.24, 2.45) is 0 Å². The zero-order chi connectivity index (χ0) is 9.84. The molecule has 3 nitrogen and oxygen atoms in total. The molecule has 0 spiro atoms. The topological polar surface area (TPSA) is 42.0 Å². The fourth-order valence-electron chi connectivity index (χ4n) is 0.818. The van der Waals surface area contributed by atoms with E-state index in [1.807, 2.05) is 0 Å². The quantitative estimate of drug-likeness (QED) is 0.833. The monoisotopic (exact) mass is 262 g/mol. The predicted molar refractivity (Wildman–Crippen MR) is 56.4 cm³/mol. The minimum Gasteiger partial charge on any atom is -0.324 e. The van der Waals surface area contributed by atoms with Crippen molar-refractivity contribution in [1.82, 2.24) is 4.98 Å². The van der Waals surface area contributed by atoms with Crippen LogP contribution in [0.5, 0.6) is 0 Å². The van der Waals surface area contributed by atoms with Crippen molar-refractivity contribution in [3.8, 4) is 0 Å². The molecule has 0 radical (unpaired) electrons. The molecular formula is C8H8BrClN2O. The molecule has 1 aromatic heterocycles. The number of nitrogens with zero attached hydrogens (tertiary/aromatic N) is 1. The number of alkyl halides is 1. The number of hydrogen-bond acceptors (Lipinski definition) is 2. The Morgan fingerprint density at radius 3 is 3.08 bits per heavy atom. The molecule has 1 rings (SSSR count). The van der Waals surface area contributed by atoms with Gasteiger partial charge in [0.05, 0.1) is 21.7 Å². The van der Waals surface area contributed by atoms with Crippen molar-refractivity contribution < 1.29 is 4.79 Å². The SMILES string of the molecule is Cc1ncc(Cl)cc1NC(=O)CBr. The summed E-state index contributed by atoms with van der Waals surface area (Å²) in [5.74, 6) is -0.118. The largest absolute Gasteiger partial charge is 0.324 e. The third kappa shape index (κ3) is 2.97. The summed E-state index contributed by atoms with van der Waals surface area (Å²) in [7, 11) is 0. The second kappa shape index (κ2) is 4.58. The summed E-state index contributed by atoms with van der Waals surface area (Å²) in [4.78, 5) is 15.0. The van der Waals surface area contributed by atoms with Crippen LogP contribution in [-0.4, -0.2) is 16.2 Å². The summed E-state index contributed by atoms with van der Waals surface area (Å²) in [5, 5.41) is 3.44. The predicted octanol–water partition coefficient (Wildman–Crippen LogP) is 2.38. The molecule has 0 atom stereocenters. The molecule has 0 aliphatic carbocycles. The second-order valence-corrected chi connectivity index (χ2v) is 3.47. The van der Waals surface area contributed by atoms with E-state index in [1.54, 1.807) is 19.2 Å². The number of carbonyl (C=O) groups is 1. The Labute approximate surface area is 89.6 Å². The van der Waals surface area contributed by atoms with Crippen molar-refractivity contribution in [2.75, 3.05) is 10.6 Å². The van der Waals surface area contributed by atoms with Gasteiger partial charge in [0.1, 0.15) is 0 Å². The Morgan fingerprint density at radius 1 is 1.77 bits per heavy atom. The minimum atomic E-state index is -0.118. The third-order valence-electron chi connectivity index (χ3n) is 1.45. The maximum absolute atomic E-state index is 11.0. The number of nitrogens with one attached hydrogen (secondary N) is 1. The van der Waals surface area contributed by atoms with Crippen molar-refractivity contribution in [3.63, 3.8) is 0 Å². The summed E-state index contributed by atoms with van der Waals surface area (Å²) in [5.41, 5.74) is 1.40. The van der Waals surface area contributed by atoms with E-state index in [9.17, 15) is 4.79 Å². The van der Waals surface area contributed by atoms with E-state index in [-0.39, 0.29) is 11.2 Å². The van der Waals surface area contributed by atoms with E-state index in [0.717, 1.165) is 5.69 Å². The van der Waals surface area contributed by atoms with Crippen molar-refractivity contribution >= 4 is 39.1 Å². The van der Waals surface area contributed by atoms with Gasteiger partial charge in [-0.2, -0.15) is 0 Å². The first kappa shape index (κ1) is 10.5.